The highest BCUT2D eigenvalue weighted by atomic mass is 35.5. The molecule has 1 N–H and O–H groups in total. The summed E-state index contributed by atoms with van der Waals surface area (Å²) in [6.45, 7) is 0. The Labute approximate surface area is 114 Å². The summed E-state index contributed by atoms with van der Waals surface area (Å²) in [5, 5.41) is 0.272. The lowest BCUT2D eigenvalue weighted by atomic mass is 10.1. The van der Waals surface area contributed by atoms with Gasteiger partial charge in [-0.3, -0.25) is 0 Å². The molecule has 0 unspecified atom stereocenters. The summed E-state index contributed by atoms with van der Waals surface area (Å²) in [6.07, 6.45) is -9.80. The molecule has 0 fully saturated rings. The molecule has 8 heteroatoms. The maximum absolute atomic E-state index is 12.8. The average molecular weight is 314 g/mol. The van der Waals surface area contributed by atoms with Gasteiger partial charge >= 0.3 is 12.4 Å². The highest BCUT2D eigenvalue weighted by molar-refractivity contribution is 6.30. The molecule has 1 nitrogen and oxygen atoms in total. The second-order valence-electron chi connectivity index (χ2n) is 3.97. The van der Waals surface area contributed by atoms with Gasteiger partial charge in [0.2, 0.25) is 0 Å². The third-order valence-corrected chi connectivity index (χ3v) is 2.81. The Morgan fingerprint density at radius 1 is 0.850 bits per heavy atom. The maximum atomic E-state index is 12.8. The van der Waals surface area contributed by atoms with Gasteiger partial charge < -0.3 is 4.98 Å². The second kappa shape index (κ2) is 4.73. The van der Waals surface area contributed by atoms with Crippen LogP contribution in [0.3, 0.4) is 0 Å². The van der Waals surface area contributed by atoms with E-state index in [4.69, 9.17) is 11.6 Å². The summed E-state index contributed by atoms with van der Waals surface area (Å²) in [4.78, 5) is 1.39. The summed E-state index contributed by atoms with van der Waals surface area (Å²) in [7, 11) is 0. The van der Waals surface area contributed by atoms with E-state index in [9.17, 15) is 26.3 Å². The van der Waals surface area contributed by atoms with Crippen LogP contribution in [-0.4, -0.2) is 4.98 Å². The first kappa shape index (κ1) is 14.8. The van der Waals surface area contributed by atoms with Crippen LogP contribution in [-0.2, 0) is 12.4 Å². The molecule has 1 heterocycles. The number of halogens is 7. The molecule has 2 rings (SSSR count). The summed E-state index contributed by atoms with van der Waals surface area (Å²) in [5.74, 6) is 0. The van der Waals surface area contributed by atoms with E-state index in [0.29, 0.717) is 6.07 Å². The molecule has 2 aromatic rings. The molecular formula is C12H6ClF6N. The predicted octanol–water partition coefficient (Wildman–Crippen LogP) is 5.37. The van der Waals surface area contributed by atoms with Gasteiger partial charge in [-0.1, -0.05) is 23.7 Å². The van der Waals surface area contributed by atoms with Crippen molar-refractivity contribution in [2.45, 2.75) is 12.4 Å². The molecule has 0 saturated heterocycles. The molecule has 0 radical (unpaired) electrons. The summed E-state index contributed by atoms with van der Waals surface area (Å²) >= 11 is 5.60. The van der Waals surface area contributed by atoms with Crippen LogP contribution in [0, 0.1) is 0 Å². The number of hydrogen-bond acceptors (Lipinski definition) is 0. The topological polar surface area (TPSA) is 15.8 Å². The summed E-state index contributed by atoms with van der Waals surface area (Å²) in [5.41, 5.74) is -3.46. The van der Waals surface area contributed by atoms with E-state index in [1.165, 1.54) is 29.2 Å². The molecule has 0 bridgehead atoms. The van der Waals surface area contributed by atoms with Crippen molar-refractivity contribution in [3.05, 3.63) is 46.7 Å². The van der Waals surface area contributed by atoms with Crippen molar-refractivity contribution < 1.29 is 26.3 Å². The van der Waals surface area contributed by atoms with Crippen LogP contribution >= 0.6 is 11.6 Å². The van der Waals surface area contributed by atoms with Crippen LogP contribution in [0.4, 0.5) is 26.3 Å². The lowest BCUT2D eigenvalue weighted by Gasteiger charge is -2.08. The smallest absolute Gasteiger partial charge is 0.347 e. The Kier molecular flexibility index (Phi) is 3.49. The van der Waals surface area contributed by atoms with Crippen LogP contribution < -0.4 is 0 Å². The minimum absolute atomic E-state index is 0.00604. The second-order valence-corrected chi connectivity index (χ2v) is 4.41. The Hall–Kier alpha value is -1.63. The van der Waals surface area contributed by atoms with Crippen molar-refractivity contribution in [3.8, 4) is 11.1 Å². The van der Waals surface area contributed by atoms with Crippen molar-refractivity contribution in [1.29, 1.82) is 0 Å². The van der Waals surface area contributed by atoms with Crippen molar-refractivity contribution in [2.24, 2.45) is 0 Å². The van der Waals surface area contributed by atoms with Gasteiger partial charge in [-0.15, -0.1) is 0 Å². The van der Waals surface area contributed by atoms with Gasteiger partial charge in [0.15, 0.2) is 0 Å². The third kappa shape index (κ3) is 2.92. The van der Waals surface area contributed by atoms with E-state index >= 15 is 0 Å². The van der Waals surface area contributed by atoms with Gasteiger partial charge in [0.1, 0.15) is 11.4 Å². The van der Waals surface area contributed by atoms with Gasteiger partial charge in [-0.25, -0.2) is 0 Å². The van der Waals surface area contributed by atoms with Crippen LogP contribution in [0.5, 0.6) is 0 Å². The van der Waals surface area contributed by atoms with Gasteiger partial charge in [-0.05, 0) is 23.8 Å². The van der Waals surface area contributed by atoms with Crippen LogP contribution in [0.15, 0.2) is 30.3 Å². The predicted molar refractivity (Wildman–Crippen MR) is 61.2 cm³/mol. The fraction of sp³-hybridized carbons (Fsp3) is 0.167. The zero-order valence-electron chi connectivity index (χ0n) is 9.53. The fourth-order valence-corrected chi connectivity index (χ4v) is 1.81. The molecule has 0 aliphatic carbocycles. The quantitative estimate of drug-likeness (QED) is 0.681. The number of rotatable bonds is 1. The lowest BCUT2D eigenvalue weighted by Crippen LogP contribution is -2.10. The summed E-state index contributed by atoms with van der Waals surface area (Å²) in [6, 6.07) is 5.49. The van der Waals surface area contributed by atoms with Crippen LogP contribution in [0.25, 0.3) is 11.1 Å². The highest BCUT2D eigenvalue weighted by Crippen LogP contribution is 2.41. The number of nitrogens with one attached hydrogen (secondary N) is 1. The zero-order valence-corrected chi connectivity index (χ0v) is 10.3. The zero-order chi connectivity index (χ0) is 15.1. The first-order chi connectivity index (χ1) is 9.09. The van der Waals surface area contributed by atoms with E-state index in [1.807, 2.05) is 0 Å². The maximum Gasteiger partial charge on any atom is 0.431 e. The molecule has 108 valence electrons. The highest BCUT2D eigenvalue weighted by Gasteiger charge is 2.41. The number of aromatic nitrogens is 1. The first-order valence-electron chi connectivity index (χ1n) is 5.22. The number of H-pyrrole nitrogens is 1. The molecule has 0 aliphatic rings. The van der Waals surface area contributed by atoms with Gasteiger partial charge in [0, 0.05) is 10.6 Å². The number of hydrogen-bond donors (Lipinski definition) is 1. The van der Waals surface area contributed by atoms with E-state index in [2.05, 4.69) is 0 Å². The lowest BCUT2D eigenvalue weighted by molar-refractivity contribution is -0.147. The van der Waals surface area contributed by atoms with Gasteiger partial charge in [-0.2, -0.15) is 26.3 Å². The molecular weight excluding hydrogens is 308 g/mol. The largest absolute Gasteiger partial charge is 0.431 e. The minimum Gasteiger partial charge on any atom is -0.347 e. The van der Waals surface area contributed by atoms with Crippen molar-refractivity contribution in [2.75, 3.05) is 0 Å². The average Bonchev–Trinajstić information content (AvgIpc) is 2.74. The van der Waals surface area contributed by atoms with E-state index < -0.39 is 29.3 Å². The Balaban J connectivity index is 2.62. The third-order valence-electron chi connectivity index (χ3n) is 2.56. The number of aromatic amines is 1. The first-order valence-corrected chi connectivity index (χ1v) is 5.60. The molecule has 0 atom stereocenters. The summed E-state index contributed by atoms with van der Waals surface area (Å²) < 4.78 is 76.0. The Morgan fingerprint density at radius 2 is 1.40 bits per heavy atom. The van der Waals surface area contributed by atoms with Gasteiger partial charge in [0.25, 0.3) is 0 Å². The van der Waals surface area contributed by atoms with Crippen molar-refractivity contribution >= 4 is 11.6 Å². The normalized spacial score (nSPS) is 12.8. The molecule has 20 heavy (non-hydrogen) atoms. The molecule has 0 amide bonds. The molecule has 0 aliphatic heterocycles. The van der Waals surface area contributed by atoms with E-state index in [-0.39, 0.29) is 10.6 Å². The molecule has 1 aromatic carbocycles. The number of alkyl halides is 6. The Bertz CT molecular complexity index is 608. The molecule has 0 saturated carbocycles. The van der Waals surface area contributed by atoms with Crippen LogP contribution in [0.2, 0.25) is 5.02 Å². The van der Waals surface area contributed by atoms with Gasteiger partial charge in [0.05, 0.1) is 0 Å². The van der Waals surface area contributed by atoms with Crippen LogP contribution in [0.1, 0.15) is 11.4 Å². The monoisotopic (exact) mass is 313 g/mol. The Morgan fingerprint density at radius 3 is 1.85 bits per heavy atom. The van der Waals surface area contributed by atoms with Crippen molar-refractivity contribution in [3.63, 3.8) is 0 Å². The van der Waals surface area contributed by atoms with E-state index in [1.54, 1.807) is 0 Å². The SMILES string of the molecule is FC(F)(F)c1cc(-c2ccc(Cl)cc2)c(C(F)(F)F)[nH]1. The van der Waals surface area contributed by atoms with Crippen molar-refractivity contribution in [1.82, 2.24) is 4.98 Å². The standard InChI is InChI=1S/C12H6ClF6N/c13-7-3-1-6(2-4-7)8-5-9(11(14,15)16)20-10(8)12(17,18)19/h1-5,20H. The van der Waals surface area contributed by atoms with E-state index in [0.717, 1.165) is 0 Å². The molecule has 1 aromatic heterocycles. The molecule has 0 spiro atoms. The minimum atomic E-state index is -4.92. The number of benzene rings is 1. The fourth-order valence-electron chi connectivity index (χ4n) is 1.69.